The third-order valence-corrected chi connectivity index (χ3v) is 8.16. The molecular weight excluding hydrogens is 533 g/mol. The summed E-state index contributed by atoms with van der Waals surface area (Å²) in [6.07, 6.45) is -4.33. The van der Waals surface area contributed by atoms with Crippen molar-refractivity contribution in [1.29, 1.82) is 0 Å². The van der Waals surface area contributed by atoms with Crippen molar-refractivity contribution in [2.24, 2.45) is 0 Å². The van der Waals surface area contributed by atoms with Gasteiger partial charge < -0.3 is 14.8 Å². The minimum Gasteiger partial charge on any atom is -0.497 e. The van der Waals surface area contributed by atoms with Crippen molar-refractivity contribution in [2.75, 3.05) is 18.0 Å². The normalized spacial score (nSPS) is 16.5. The molecule has 3 aromatic carbocycles. The van der Waals surface area contributed by atoms with Gasteiger partial charge in [0.1, 0.15) is 23.6 Å². The number of carbonyl (C=O) groups excluding carboxylic acids is 1. The topological polar surface area (TPSA) is 84.9 Å². The lowest BCUT2D eigenvalue weighted by molar-refractivity contribution is -0.137. The van der Waals surface area contributed by atoms with Crippen LogP contribution in [0, 0.1) is 6.92 Å². The Balaban J connectivity index is 1.70. The molecule has 0 saturated heterocycles. The lowest BCUT2D eigenvalue weighted by Crippen LogP contribution is -2.45. The number of sulfonamides is 1. The standard InChI is InChI=1S/C28H29F3N2O5S/c1-18-8-11-22(12-9-18)39(35,36)33(20-7-5-6-19(14-20)28(29,30)31)17-26(34)32-24-16-27(2,3)38-25-13-10-21(37-4)15-23(24)25/h5-15,24H,16-17H2,1-4H3,(H,32,34). The first-order valence-corrected chi connectivity index (χ1v) is 13.6. The Morgan fingerprint density at radius 2 is 1.79 bits per heavy atom. The summed E-state index contributed by atoms with van der Waals surface area (Å²) < 4.78 is 79.7. The predicted molar refractivity (Wildman–Crippen MR) is 140 cm³/mol. The van der Waals surface area contributed by atoms with Crippen LogP contribution in [0.15, 0.2) is 71.6 Å². The summed E-state index contributed by atoms with van der Waals surface area (Å²) in [5, 5.41) is 2.86. The van der Waals surface area contributed by atoms with Crippen molar-refractivity contribution >= 4 is 21.6 Å². The first-order valence-electron chi connectivity index (χ1n) is 12.1. The zero-order chi connectivity index (χ0) is 28.6. The maximum atomic E-state index is 13.6. The number of hydrogen-bond donors (Lipinski definition) is 1. The SMILES string of the molecule is COc1ccc2c(c1)C(NC(=O)CN(c1cccc(C(F)(F)F)c1)S(=O)(=O)c1ccc(C)cc1)CC(C)(C)O2. The fourth-order valence-corrected chi connectivity index (χ4v) is 5.86. The van der Waals surface area contributed by atoms with Gasteiger partial charge in [-0.2, -0.15) is 13.2 Å². The van der Waals surface area contributed by atoms with Crippen LogP contribution in [0.1, 0.15) is 43.0 Å². The molecule has 0 bridgehead atoms. The number of fused-ring (bicyclic) bond motifs is 1. The number of methoxy groups -OCH3 is 1. The first-order chi connectivity index (χ1) is 18.2. The van der Waals surface area contributed by atoms with Gasteiger partial charge in [-0.25, -0.2) is 8.42 Å². The van der Waals surface area contributed by atoms with E-state index in [1.54, 1.807) is 37.3 Å². The minimum absolute atomic E-state index is 0.152. The van der Waals surface area contributed by atoms with E-state index in [9.17, 15) is 26.4 Å². The highest BCUT2D eigenvalue weighted by atomic mass is 32.2. The number of anilines is 1. The fourth-order valence-electron chi connectivity index (χ4n) is 4.45. The van der Waals surface area contributed by atoms with Crippen molar-refractivity contribution in [3.8, 4) is 11.5 Å². The summed E-state index contributed by atoms with van der Waals surface area (Å²) in [5.41, 5.74) is -0.511. The number of amides is 1. The largest absolute Gasteiger partial charge is 0.497 e. The highest BCUT2D eigenvalue weighted by molar-refractivity contribution is 7.92. The molecule has 1 heterocycles. The van der Waals surface area contributed by atoms with Crippen molar-refractivity contribution < 1.29 is 35.9 Å². The molecule has 3 aromatic rings. The molecule has 7 nitrogen and oxygen atoms in total. The number of carbonyl (C=O) groups is 1. The summed E-state index contributed by atoms with van der Waals surface area (Å²) in [7, 11) is -2.90. The molecule has 0 spiro atoms. The molecule has 4 rings (SSSR count). The Hall–Kier alpha value is -3.73. The van der Waals surface area contributed by atoms with E-state index in [1.165, 1.54) is 25.3 Å². The molecule has 1 unspecified atom stereocenters. The van der Waals surface area contributed by atoms with Crippen LogP contribution in [0.2, 0.25) is 0 Å². The van der Waals surface area contributed by atoms with E-state index in [4.69, 9.17) is 9.47 Å². The molecule has 0 aliphatic carbocycles. The van der Waals surface area contributed by atoms with Crippen LogP contribution >= 0.6 is 0 Å². The summed E-state index contributed by atoms with van der Waals surface area (Å²) >= 11 is 0. The molecule has 0 saturated carbocycles. The van der Waals surface area contributed by atoms with Gasteiger partial charge in [0.25, 0.3) is 10.0 Å². The monoisotopic (exact) mass is 562 g/mol. The zero-order valence-electron chi connectivity index (χ0n) is 21.9. The van der Waals surface area contributed by atoms with Crippen LogP contribution in [0.3, 0.4) is 0 Å². The third-order valence-electron chi connectivity index (χ3n) is 6.37. The molecule has 0 aromatic heterocycles. The van der Waals surface area contributed by atoms with Crippen molar-refractivity contribution in [3.05, 3.63) is 83.4 Å². The smallest absolute Gasteiger partial charge is 0.416 e. The Kier molecular flexibility index (Phi) is 7.57. The van der Waals surface area contributed by atoms with Gasteiger partial charge in [0.2, 0.25) is 5.91 Å². The maximum Gasteiger partial charge on any atom is 0.416 e. The first kappa shape index (κ1) is 28.3. The van der Waals surface area contributed by atoms with E-state index in [0.29, 0.717) is 27.8 Å². The summed E-state index contributed by atoms with van der Waals surface area (Å²) in [4.78, 5) is 13.2. The van der Waals surface area contributed by atoms with Gasteiger partial charge in [0.15, 0.2) is 0 Å². The Morgan fingerprint density at radius 1 is 1.10 bits per heavy atom. The van der Waals surface area contributed by atoms with E-state index in [2.05, 4.69) is 5.32 Å². The molecule has 1 aliphatic rings. The summed E-state index contributed by atoms with van der Waals surface area (Å²) in [6.45, 7) is 4.75. The van der Waals surface area contributed by atoms with Crippen LogP contribution < -0.4 is 19.1 Å². The molecule has 1 amide bonds. The van der Waals surface area contributed by atoms with Gasteiger partial charge in [-0.3, -0.25) is 9.10 Å². The number of ether oxygens (including phenoxy) is 2. The molecule has 11 heteroatoms. The fraction of sp³-hybridized carbons (Fsp3) is 0.321. The molecule has 1 atom stereocenters. The van der Waals surface area contributed by atoms with Crippen molar-refractivity contribution in [1.82, 2.24) is 5.32 Å². The number of rotatable bonds is 7. The van der Waals surface area contributed by atoms with Gasteiger partial charge in [0, 0.05) is 12.0 Å². The van der Waals surface area contributed by atoms with E-state index in [-0.39, 0.29) is 10.6 Å². The summed E-state index contributed by atoms with van der Waals surface area (Å²) in [5.74, 6) is 0.391. The second-order valence-electron chi connectivity index (χ2n) is 9.96. The van der Waals surface area contributed by atoms with Crippen molar-refractivity contribution in [2.45, 2.75) is 49.9 Å². The van der Waals surface area contributed by atoms with Crippen molar-refractivity contribution in [3.63, 3.8) is 0 Å². The van der Waals surface area contributed by atoms with E-state index in [1.807, 2.05) is 13.8 Å². The number of aryl methyl sites for hydroxylation is 1. The molecule has 208 valence electrons. The lowest BCUT2D eigenvalue weighted by Gasteiger charge is -2.38. The van der Waals surface area contributed by atoms with E-state index < -0.39 is 45.9 Å². The third kappa shape index (κ3) is 6.30. The highest BCUT2D eigenvalue weighted by Crippen LogP contribution is 2.41. The van der Waals surface area contributed by atoms with Gasteiger partial charge in [-0.1, -0.05) is 23.8 Å². The highest BCUT2D eigenvalue weighted by Gasteiger charge is 2.37. The number of nitrogens with zero attached hydrogens (tertiary/aromatic N) is 1. The quantitative estimate of drug-likeness (QED) is 0.403. The van der Waals surface area contributed by atoms with Crippen LogP contribution in [0.4, 0.5) is 18.9 Å². The molecule has 39 heavy (non-hydrogen) atoms. The minimum atomic E-state index is -4.70. The van der Waals surface area contributed by atoms with Crippen LogP contribution in [-0.2, 0) is 21.0 Å². The Morgan fingerprint density at radius 3 is 2.44 bits per heavy atom. The predicted octanol–water partition coefficient (Wildman–Crippen LogP) is 5.64. The lowest BCUT2D eigenvalue weighted by atomic mass is 9.89. The van der Waals surface area contributed by atoms with E-state index >= 15 is 0 Å². The van der Waals surface area contributed by atoms with Crippen LogP contribution in [0.5, 0.6) is 11.5 Å². The average molecular weight is 563 g/mol. The summed E-state index contributed by atoms with van der Waals surface area (Å²) in [6, 6.07) is 14.4. The van der Waals surface area contributed by atoms with Gasteiger partial charge in [-0.05, 0) is 69.3 Å². The molecule has 0 fully saturated rings. The Labute approximate surface area is 225 Å². The molecular formula is C28H29F3N2O5S. The molecule has 0 radical (unpaired) electrons. The molecule has 1 N–H and O–H groups in total. The zero-order valence-corrected chi connectivity index (χ0v) is 22.7. The van der Waals surface area contributed by atoms with Crippen LogP contribution in [0.25, 0.3) is 0 Å². The average Bonchev–Trinajstić information content (AvgIpc) is 2.86. The number of alkyl halides is 3. The number of nitrogens with one attached hydrogen (secondary N) is 1. The second-order valence-corrected chi connectivity index (χ2v) is 11.8. The second kappa shape index (κ2) is 10.4. The molecule has 1 aliphatic heterocycles. The number of halogens is 3. The van der Waals surface area contributed by atoms with Gasteiger partial charge in [0.05, 0.1) is 29.3 Å². The van der Waals surface area contributed by atoms with E-state index in [0.717, 1.165) is 23.8 Å². The number of benzene rings is 3. The van der Waals surface area contributed by atoms with Crippen LogP contribution in [-0.4, -0.2) is 33.6 Å². The number of hydrogen-bond acceptors (Lipinski definition) is 5. The van der Waals surface area contributed by atoms with Gasteiger partial charge >= 0.3 is 6.18 Å². The Bertz CT molecular complexity index is 1470. The maximum absolute atomic E-state index is 13.6. The van der Waals surface area contributed by atoms with Gasteiger partial charge in [-0.15, -0.1) is 0 Å².